The summed E-state index contributed by atoms with van der Waals surface area (Å²) in [5.41, 5.74) is -1.10. The highest BCUT2D eigenvalue weighted by Gasteiger charge is 2.38. The molecule has 0 N–H and O–H groups in total. The van der Waals surface area contributed by atoms with Gasteiger partial charge in [0, 0.05) is 6.54 Å². The average molecular weight is 372 g/mol. The molecule has 0 aromatic heterocycles. The standard InChI is InChI=1S/C18H22F3NO4/c1-17(2,3)26-16(25)22-10-12(9-14(22)15(23)24)7-11-5-4-6-13(8-11)18(19,20)21/h4-6,8,12,14H,7,9-10H2,1-3H3,(H,23,24)/p-1/t12-,14+/m1/s1. The van der Waals surface area contributed by atoms with E-state index in [1.54, 1.807) is 26.8 Å². The maximum absolute atomic E-state index is 12.8. The Labute approximate surface area is 149 Å². The second-order valence-electron chi connectivity index (χ2n) is 7.47. The number of rotatable bonds is 3. The molecule has 0 saturated carbocycles. The van der Waals surface area contributed by atoms with Gasteiger partial charge in [-0.05, 0) is 51.2 Å². The molecule has 1 aliphatic heterocycles. The lowest BCUT2D eigenvalue weighted by Gasteiger charge is -2.28. The Kier molecular flexibility index (Phi) is 5.53. The first kappa shape index (κ1) is 20.1. The van der Waals surface area contributed by atoms with E-state index in [1.807, 2.05) is 0 Å². The van der Waals surface area contributed by atoms with Gasteiger partial charge in [0.25, 0.3) is 0 Å². The predicted octanol–water partition coefficient (Wildman–Crippen LogP) is 2.62. The van der Waals surface area contributed by atoms with E-state index < -0.39 is 35.4 Å². The lowest BCUT2D eigenvalue weighted by molar-refractivity contribution is -0.310. The summed E-state index contributed by atoms with van der Waals surface area (Å²) in [4.78, 5) is 24.7. The Balaban J connectivity index is 2.12. The molecule has 1 saturated heterocycles. The third-order valence-corrected chi connectivity index (χ3v) is 4.07. The van der Waals surface area contributed by atoms with Crippen LogP contribution < -0.4 is 5.11 Å². The Hall–Kier alpha value is -2.25. The number of carboxylic acids is 1. The summed E-state index contributed by atoms with van der Waals surface area (Å²) in [6, 6.07) is 3.74. The number of hydrogen-bond acceptors (Lipinski definition) is 4. The molecule has 2 rings (SSSR count). The number of benzene rings is 1. The number of carboxylic acid groups (broad SMARTS) is 1. The van der Waals surface area contributed by atoms with Gasteiger partial charge in [0.2, 0.25) is 0 Å². The number of hydrogen-bond donors (Lipinski definition) is 0. The van der Waals surface area contributed by atoms with Gasteiger partial charge in [-0.15, -0.1) is 0 Å². The molecule has 1 fully saturated rings. The predicted molar refractivity (Wildman–Crippen MR) is 85.0 cm³/mol. The minimum Gasteiger partial charge on any atom is -0.548 e. The molecule has 0 radical (unpaired) electrons. The first-order valence-corrected chi connectivity index (χ1v) is 8.23. The second kappa shape index (κ2) is 7.17. The number of carbonyl (C=O) groups excluding carboxylic acids is 2. The molecule has 26 heavy (non-hydrogen) atoms. The third kappa shape index (κ3) is 5.12. The van der Waals surface area contributed by atoms with E-state index in [9.17, 15) is 27.9 Å². The van der Waals surface area contributed by atoms with E-state index in [0.717, 1.165) is 17.0 Å². The Morgan fingerprint density at radius 3 is 2.46 bits per heavy atom. The van der Waals surface area contributed by atoms with Crippen LogP contribution in [0.15, 0.2) is 24.3 Å². The van der Waals surface area contributed by atoms with Crippen molar-refractivity contribution in [2.45, 2.75) is 51.4 Å². The minimum atomic E-state index is -4.44. The lowest BCUT2D eigenvalue weighted by atomic mass is 9.95. The number of ether oxygens (including phenoxy) is 1. The van der Waals surface area contributed by atoms with Gasteiger partial charge < -0.3 is 14.6 Å². The van der Waals surface area contributed by atoms with Gasteiger partial charge in [0.05, 0.1) is 17.6 Å². The molecule has 144 valence electrons. The number of alkyl halides is 3. The van der Waals surface area contributed by atoms with Crippen LogP contribution in [0.3, 0.4) is 0 Å². The van der Waals surface area contributed by atoms with Crippen LogP contribution in [-0.2, 0) is 22.1 Å². The van der Waals surface area contributed by atoms with Gasteiger partial charge in [-0.3, -0.25) is 4.90 Å². The van der Waals surface area contributed by atoms with Crippen LogP contribution in [0.1, 0.15) is 38.3 Å². The monoisotopic (exact) mass is 372 g/mol. The molecule has 8 heteroatoms. The van der Waals surface area contributed by atoms with Crippen molar-refractivity contribution in [3.05, 3.63) is 35.4 Å². The van der Waals surface area contributed by atoms with Gasteiger partial charge >= 0.3 is 12.3 Å². The highest BCUT2D eigenvalue weighted by atomic mass is 19.4. The number of likely N-dealkylation sites (tertiary alicyclic amines) is 1. The fourth-order valence-corrected chi connectivity index (χ4v) is 3.02. The van der Waals surface area contributed by atoms with Crippen LogP contribution in [0.2, 0.25) is 0 Å². The van der Waals surface area contributed by atoms with E-state index in [1.165, 1.54) is 6.07 Å². The smallest absolute Gasteiger partial charge is 0.416 e. The summed E-state index contributed by atoms with van der Waals surface area (Å²) in [7, 11) is 0. The van der Waals surface area contributed by atoms with Crippen molar-refractivity contribution >= 4 is 12.1 Å². The fourth-order valence-electron chi connectivity index (χ4n) is 3.02. The minimum absolute atomic E-state index is 0.0871. The van der Waals surface area contributed by atoms with Crippen LogP contribution in [0.4, 0.5) is 18.0 Å². The van der Waals surface area contributed by atoms with Crippen molar-refractivity contribution in [2.75, 3.05) is 6.54 Å². The molecule has 1 aliphatic rings. The molecule has 0 spiro atoms. The lowest BCUT2D eigenvalue weighted by Crippen LogP contribution is -2.48. The Morgan fingerprint density at radius 1 is 1.27 bits per heavy atom. The summed E-state index contributed by atoms with van der Waals surface area (Å²) in [5.74, 6) is -1.70. The maximum atomic E-state index is 12.8. The van der Waals surface area contributed by atoms with Crippen LogP contribution in [0, 0.1) is 5.92 Å². The fraction of sp³-hybridized carbons (Fsp3) is 0.556. The number of halogens is 3. The normalized spacial score (nSPS) is 20.9. The molecule has 5 nitrogen and oxygen atoms in total. The number of nitrogens with zero attached hydrogens (tertiary/aromatic N) is 1. The largest absolute Gasteiger partial charge is 0.548 e. The van der Waals surface area contributed by atoms with E-state index in [0.29, 0.717) is 5.56 Å². The van der Waals surface area contributed by atoms with Crippen molar-refractivity contribution in [2.24, 2.45) is 5.92 Å². The highest BCUT2D eigenvalue weighted by molar-refractivity contribution is 5.79. The first-order chi connectivity index (χ1) is 11.9. The molecule has 1 aromatic rings. The summed E-state index contributed by atoms with van der Waals surface area (Å²) in [6.45, 7) is 5.07. The maximum Gasteiger partial charge on any atom is 0.416 e. The summed E-state index contributed by atoms with van der Waals surface area (Å²) < 4.78 is 43.7. The van der Waals surface area contributed by atoms with Crippen molar-refractivity contribution in [1.29, 1.82) is 0 Å². The van der Waals surface area contributed by atoms with Crippen LogP contribution in [-0.4, -0.2) is 35.2 Å². The Bertz CT molecular complexity index is 682. The molecule has 0 bridgehead atoms. The zero-order valence-corrected chi connectivity index (χ0v) is 14.8. The summed E-state index contributed by atoms with van der Waals surface area (Å²) in [6.07, 6.45) is -4.87. The van der Waals surface area contributed by atoms with Gasteiger partial charge in [-0.1, -0.05) is 18.2 Å². The van der Waals surface area contributed by atoms with Crippen molar-refractivity contribution in [3.63, 3.8) is 0 Å². The zero-order chi connectivity index (χ0) is 19.7. The molecule has 0 aliphatic carbocycles. The van der Waals surface area contributed by atoms with E-state index >= 15 is 0 Å². The SMILES string of the molecule is CC(C)(C)OC(=O)N1C[C@H](Cc2cccc(C(F)(F)F)c2)C[C@H]1C(=O)[O-]. The van der Waals surface area contributed by atoms with Gasteiger partial charge in [-0.25, -0.2) is 4.79 Å². The molecule has 1 amide bonds. The van der Waals surface area contributed by atoms with Gasteiger partial charge in [-0.2, -0.15) is 13.2 Å². The first-order valence-electron chi connectivity index (χ1n) is 8.23. The highest BCUT2D eigenvalue weighted by Crippen LogP contribution is 2.32. The molecule has 0 unspecified atom stereocenters. The third-order valence-electron chi connectivity index (χ3n) is 4.07. The molecule has 2 atom stereocenters. The molecular weight excluding hydrogens is 351 g/mol. The Morgan fingerprint density at radius 2 is 1.92 bits per heavy atom. The zero-order valence-electron chi connectivity index (χ0n) is 14.8. The topological polar surface area (TPSA) is 69.7 Å². The van der Waals surface area contributed by atoms with Gasteiger partial charge in [0.1, 0.15) is 5.60 Å². The molecule has 1 heterocycles. The van der Waals surface area contributed by atoms with Crippen LogP contribution >= 0.6 is 0 Å². The van der Waals surface area contributed by atoms with E-state index in [4.69, 9.17) is 4.74 Å². The van der Waals surface area contributed by atoms with Crippen LogP contribution in [0.25, 0.3) is 0 Å². The van der Waals surface area contributed by atoms with E-state index in [-0.39, 0.29) is 25.3 Å². The van der Waals surface area contributed by atoms with Crippen molar-refractivity contribution in [1.82, 2.24) is 4.90 Å². The number of carbonyl (C=O) groups is 2. The van der Waals surface area contributed by atoms with Crippen molar-refractivity contribution < 1.29 is 32.6 Å². The second-order valence-corrected chi connectivity index (χ2v) is 7.47. The number of aliphatic carboxylic acids is 1. The molecular formula is C18H21F3NO4-. The summed E-state index contributed by atoms with van der Waals surface area (Å²) >= 11 is 0. The average Bonchev–Trinajstić information content (AvgIpc) is 2.89. The molecule has 1 aromatic carbocycles. The van der Waals surface area contributed by atoms with E-state index in [2.05, 4.69) is 0 Å². The van der Waals surface area contributed by atoms with Crippen LogP contribution in [0.5, 0.6) is 0 Å². The van der Waals surface area contributed by atoms with Crippen molar-refractivity contribution in [3.8, 4) is 0 Å². The number of amides is 1. The summed E-state index contributed by atoms with van der Waals surface area (Å²) in [5, 5.41) is 11.4. The quantitative estimate of drug-likeness (QED) is 0.818. The van der Waals surface area contributed by atoms with Gasteiger partial charge in [0.15, 0.2) is 0 Å².